The van der Waals surface area contributed by atoms with Crippen LogP contribution >= 0.6 is 11.6 Å². The lowest BCUT2D eigenvalue weighted by molar-refractivity contribution is -0.111. The van der Waals surface area contributed by atoms with Gasteiger partial charge in [0, 0.05) is 48.0 Å². The predicted octanol–water partition coefficient (Wildman–Crippen LogP) is 4.40. The van der Waals surface area contributed by atoms with Gasteiger partial charge in [0.1, 0.15) is 5.15 Å². The Kier molecular flexibility index (Phi) is 4.95. The maximum atomic E-state index is 12.2. The van der Waals surface area contributed by atoms with E-state index < -0.39 is 0 Å². The molecular weight excluding hydrogens is 336 g/mol. The summed E-state index contributed by atoms with van der Waals surface area (Å²) in [5, 5.41) is 8.74. The maximum absolute atomic E-state index is 12.2. The van der Waals surface area contributed by atoms with Crippen molar-refractivity contribution in [2.75, 3.05) is 5.32 Å². The van der Waals surface area contributed by atoms with E-state index in [-0.39, 0.29) is 5.91 Å². The van der Waals surface area contributed by atoms with Gasteiger partial charge in [-0.2, -0.15) is 5.10 Å². The average molecular weight is 357 g/mol. The third-order valence-electron chi connectivity index (χ3n) is 4.10. The van der Waals surface area contributed by atoms with Crippen LogP contribution < -0.4 is 5.32 Å². The highest BCUT2D eigenvalue weighted by molar-refractivity contribution is 6.31. The number of nitrogens with zero attached hydrogens (tertiary/aromatic N) is 3. The van der Waals surface area contributed by atoms with Crippen molar-refractivity contribution in [3.63, 3.8) is 0 Å². The fourth-order valence-electron chi connectivity index (χ4n) is 2.89. The second-order valence-electron chi connectivity index (χ2n) is 6.02. The molecule has 0 fully saturated rings. The van der Waals surface area contributed by atoms with Crippen LogP contribution in [-0.4, -0.2) is 20.3 Å². The standard InChI is InChI=1S/C19H21ClN4O/c1-4-10-24-11-9-14-12-15(5-7-17(14)24)21-18(25)8-6-16-13(2)22-23(3)19(16)20/h5-9,11-12H,4,10H2,1-3H3,(H,21,25)/b8-6+. The Labute approximate surface area is 151 Å². The van der Waals surface area contributed by atoms with E-state index in [1.807, 2.05) is 25.1 Å². The zero-order valence-corrected chi connectivity index (χ0v) is 15.3. The number of carbonyl (C=O) groups excluding carboxylic acids is 1. The van der Waals surface area contributed by atoms with Crippen LogP contribution in [0.5, 0.6) is 0 Å². The number of halogens is 1. The lowest BCUT2D eigenvalue weighted by Crippen LogP contribution is -2.07. The van der Waals surface area contributed by atoms with Crippen molar-refractivity contribution in [2.45, 2.75) is 26.8 Å². The summed E-state index contributed by atoms with van der Waals surface area (Å²) in [6, 6.07) is 8.00. The van der Waals surface area contributed by atoms with Crippen LogP contribution in [0.3, 0.4) is 0 Å². The molecule has 2 heterocycles. The average Bonchev–Trinajstić information content (AvgIpc) is 3.07. The molecular formula is C19H21ClN4O. The molecule has 5 nitrogen and oxygen atoms in total. The van der Waals surface area contributed by atoms with Crippen LogP contribution in [0.25, 0.3) is 17.0 Å². The summed E-state index contributed by atoms with van der Waals surface area (Å²) in [6.07, 6.45) is 6.33. The number of hydrogen-bond acceptors (Lipinski definition) is 2. The fraction of sp³-hybridized carbons (Fsp3) is 0.263. The number of nitrogens with one attached hydrogen (secondary N) is 1. The molecule has 1 amide bonds. The molecule has 2 aromatic heterocycles. The molecule has 0 aliphatic heterocycles. The fourth-order valence-corrected chi connectivity index (χ4v) is 3.13. The number of amides is 1. The maximum Gasteiger partial charge on any atom is 0.248 e. The van der Waals surface area contributed by atoms with Gasteiger partial charge < -0.3 is 9.88 Å². The van der Waals surface area contributed by atoms with Gasteiger partial charge >= 0.3 is 0 Å². The molecule has 0 radical (unpaired) electrons. The van der Waals surface area contributed by atoms with E-state index in [4.69, 9.17) is 11.6 Å². The van der Waals surface area contributed by atoms with Crippen LogP contribution in [0.4, 0.5) is 5.69 Å². The Bertz CT molecular complexity index is 952. The molecule has 0 spiro atoms. The Morgan fingerprint density at radius 2 is 2.16 bits per heavy atom. The third-order valence-corrected chi connectivity index (χ3v) is 4.55. The number of rotatable bonds is 5. The summed E-state index contributed by atoms with van der Waals surface area (Å²) in [6.45, 7) is 5.00. The summed E-state index contributed by atoms with van der Waals surface area (Å²) >= 11 is 6.17. The molecule has 0 aliphatic carbocycles. The Morgan fingerprint density at radius 3 is 2.84 bits per heavy atom. The molecule has 1 N–H and O–H groups in total. The molecule has 0 aliphatic rings. The predicted molar refractivity (Wildman–Crippen MR) is 103 cm³/mol. The zero-order chi connectivity index (χ0) is 18.0. The number of carbonyl (C=O) groups is 1. The first-order valence-electron chi connectivity index (χ1n) is 8.26. The summed E-state index contributed by atoms with van der Waals surface area (Å²) in [5.74, 6) is -0.202. The molecule has 6 heteroatoms. The van der Waals surface area contributed by atoms with Crippen LogP contribution in [0, 0.1) is 6.92 Å². The van der Waals surface area contributed by atoms with E-state index >= 15 is 0 Å². The lowest BCUT2D eigenvalue weighted by atomic mass is 10.2. The van der Waals surface area contributed by atoms with Crippen molar-refractivity contribution in [1.82, 2.24) is 14.3 Å². The minimum atomic E-state index is -0.202. The summed E-state index contributed by atoms with van der Waals surface area (Å²) in [7, 11) is 1.77. The molecule has 0 saturated carbocycles. The van der Waals surface area contributed by atoms with E-state index in [0.29, 0.717) is 5.15 Å². The Balaban J connectivity index is 1.74. The first-order valence-corrected chi connectivity index (χ1v) is 8.64. The number of hydrogen-bond donors (Lipinski definition) is 1. The number of anilines is 1. The van der Waals surface area contributed by atoms with Gasteiger partial charge in [0.15, 0.2) is 0 Å². The number of benzene rings is 1. The minimum Gasteiger partial charge on any atom is -0.347 e. The van der Waals surface area contributed by atoms with E-state index in [1.54, 1.807) is 17.8 Å². The molecule has 3 rings (SSSR count). The summed E-state index contributed by atoms with van der Waals surface area (Å²) < 4.78 is 3.80. The number of aryl methyl sites for hydroxylation is 3. The van der Waals surface area contributed by atoms with Gasteiger partial charge in [0.2, 0.25) is 5.91 Å². The molecule has 0 unspecified atom stereocenters. The lowest BCUT2D eigenvalue weighted by Gasteiger charge is -2.05. The highest BCUT2D eigenvalue weighted by Crippen LogP contribution is 2.22. The molecule has 25 heavy (non-hydrogen) atoms. The summed E-state index contributed by atoms with van der Waals surface area (Å²) in [4.78, 5) is 12.2. The number of fused-ring (bicyclic) bond motifs is 1. The van der Waals surface area contributed by atoms with Gasteiger partial charge in [0.05, 0.1) is 5.69 Å². The van der Waals surface area contributed by atoms with Gasteiger partial charge in [-0.1, -0.05) is 18.5 Å². The summed E-state index contributed by atoms with van der Waals surface area (Å²) in [5.41, 5.74) is 3.49. The smallest absolute Gasteiger partial charge is 0.248 e. The van der Waals surface area contributed by atoms with Gasteiger partial charge in [-0.3, -0.25) is 9.48 Å². The van der Waals surface area contributed by atoms with Crippen molar-refractivity contribution in [1.29, 1.82) is 0 Å². The van der Waals surface area contributed by atoms with E-state index in [9.17, 15) is 4.79 Å². The van der Waals surface area contributed by atoms with Crippen LogP contribution in [-0.2, 0) is 18.4 Å². The molecule has 3 aromatic rings. The largest absolute Gasteiger partial charge is 0.347 e. The highest BCUT2D eigenvalue weighted by atomic mass is 35.5. The number of aromatic nitrogens is 3. The Morgan fingerprint density at radius 1 is 1.36 bits per heavy atom. The quantitative estimate of drug-likeness (QED) is 0.689. The monoisotopic (exact) mass is 356 g/mol. The first kappa shape index (κ1) is 17.3. The van der Waals surface area contributed by atoms with E-state index in [2.05, 4.69) is 34.2 Å². The molecule has 130 valence electrons. The third kappa shape index (κ3) is 3.61. The molecule has 0 bridgehead atoms. The normalized spacial score (nSPS) is 11.5. The van der Waals surface area contributed by atoms with Gasteiger partial charge in [0.25, 0.3) is 0 Å². The van der Waals surface area contributed by atoms with Crippen LogP contribution in [0.2, 0.25) is 5.15 Å². The van der Waals surface area contributed by atoms with Crippen molar-refractivity contribution in [2.24, 2.45) is 7.05 Å². The van der Waals surface area contributed by atoms with Gasteiger partial charge in [-0.25, -0.2) is 0 Å². The molecule has 0 saturated heterocycles. The highest BCUT2D eigenvalue weighted by Gasteiger charge is 2.09. The zero-order valence-electron chi connectivity index (χ0n) is 14.6. The van der Waals surface area contributed by atoms with Crippen molar-refractivity contribution in [3.05, 3.63) is 52.9 Å². The molecule has 0 atom stereocenters. The van der Waals surface area contributed by atoms with Crippen molar-refractivity contribution >= 4 is 40.2 Å². The first-order chi connectivity index (χ1) is 12.0. The van der Waals surface area contributed by atoms with E-state index in [1.165, 1.54) is 11.6 Å². The SMILES string of the molecule is CCCn1ccc2cc(NC(=O)/C=C/c3c(C)nn(C)c3Cl)ccc21. The minimum absolute atomic E-state index is 0.202. The van der Waals surface area contributed by atoms with Crippen molar-refractivity contribution < 1.29 is 4.79 Å². The van der Waals surface area contributed by atoms with Crippen LogP contribution in [0.15, 0.2) is 36.5 Å². The Hall–Kier alpha value is -2.53. The van der Waals surface area contributed by atoms with Gasteiger partial charge in [-0.15, -0.1) is 0 Å². The van der Waals surface area contributed by atoms with Crippen LogP contribution in [0.1, 0.15) is 24.6 Å². The molecule has 1 aromatic carbocycles. The topological polar surface area (TPSA) is 51.9 Å². The van der Waals surface area contributed by atoms with Gasteiger partial charge in [-0.05, 0) is 43.7 Å². The second-order valence-corrected chi connectivity index (χ2v) is 6.38. The second kappa shape index (κ2) is 7.15. The van der Waals surface area contributed by atoms with Crippen molar-refractivity contribution in [3.8, 4) is 0 Å². The van der Waals surface area contributed by atoms with E-state index in [0.717, 1.165) is 35.3 Å².